The lowest BCUT2D eigenvalue weighted by Crippen LogP contribution is -2.40. The van der Waals surface area contributed by atoms with Crippen LogP contribution in [0.4, 0.5) is 10.6 Å². The van der Waals surface area contributed by atoms with Crippen molar-refractivity contribution in [3.8, 4) is 17.6 Å². The van der Waals surface area contributed by atoms with Crippen molar-refractivity contribution < 1.29 is 29.6 Å². The van der Waals surface area contributed by atoms with Crippen LogP contribution in [0.25, 0.3) is 11.2 Å². The number of nitrogens with zero attached hydrogens (tertiary/aromatic N) is 5. The van der Waals surface area contributed by atoms with E-state index >= 15 is 0 Å². The zero-order chi connectivity index (χ0) is 26.8. The van der Waals surface area contributed by atoms with Gasteiger partial charge in [0.05, 0.1) is 12.9 Å². The number of piperidine rings is 1. The molecule has 4 heterocycles. The van der Waals surface area contributed by atoms with Crippen molar-refractivity contribution >= 4 is 23.1 Å². The predicted molar refractivity (Wildman–Crippen MR) is 136 cm³/mol. The van der Waals surface area contributed by atoms with Crippen LogP contribution in [-0.4, -0.2) is 83.8 Å². The Kier molecular flexibility index (Phi) is 7.44. The zero-order valence-electron chi connectivity index (χ0n) is 20.9. The molecule has 4 atom stereocenters. The number of ether oxygens (including phenoxy) is 2. The summed E-state index contributed by atoms with van der Waals surface area (Å²) in [6.45, 7) is 2.72. The molecule has 12 heteroatoms. The van der Waals surface area contributed by atoms with Crippen molar-refractivity contribution in [2.45, 2.75) is 50.7 Å². The third-order valence-corrected chi connectivity index (χ3v) is 6.93. The van der Waals surface area contributed by atoms with E-state index in [2.05, 4.69) is 26.8 Å². The van der Waals surface area contributed by atoms with Crippen LogP contribution >= 0.6 is 0 Å². The summed E-state index contributed by atoms with van der Waals surface area (Å²) in [5.41, 5.74) is 7.79. The van der Waals surface area contributed by atoms with E-state index in [1.807, 2.05) is 19.1 Å². The third-order valence-electron chi connectivity index (χ3n) is 6.93. The molecule has 3 aromatic rings. The number of hydrogen-bond acceptors (Lipinski definition) is 10. The van der Waals surface area contributed by atoms with Gasteiger partial charge in [0, 0.05) is 19.5 Å². The van der Waals surface area contributed by atoms with Crippen LogP contribution in [-0.2, 0) is 4.74 Å². The van der Waals surface area contributed by atoms with Gasteiger partial charge in [-0.3, -0.25) is 4.57 Å². The summed E-state index contributed by atoms with van der Waals surface area (Å²) < 4.78 is 12.5. The molecule has 2 aromatic heterocycles. The number of nitrogens with two attached hydrogens (primary N) is 1. The molecular weight excluding hydrogens is 492 g/mol. The first-order valence-corrected chi connectivity index (χ1v) is 12.5. The van der Waals surface area contributed by atoms with E-state index in [0.29, 0.717) is 42.3 Å². The molecule has 200 valence electrons. The van der Waals surface area contributed by atoms with Gasteiger partial charge in [0.25, 0.3) is 0 Å². The summed E-state index contributed by atoms with van der Waals surface area (Å²) in [6, 6.07) is 7.37. The second-order valence-electron chi connectivity index (χ2n) is 9.60. The average molecular weight is 523 g/mol. The van der Waals surface area contributed by atoms with Crippen molar-refractivity contribution in [1.29, 1.82) is 0 Å². The highest BCUT2D eigenvalue weighted by Crippen LogP contribution is 2.32. The molecule has 1 unspecified atom stereocenters. The Labute approximate surface area is 219 Å². The first-order chi connectivity index (χ1) is 18.3. The number of aromatic nitrogens is 4. The van der Waals surface area contributed by atoms with Gasteiger partial charge in [0.1, 0.15) is 29.6 Å². The number of benzene rings is 1. The summed E-state index contributed by atoms with van der Waals surface area (Å²) >= 11 is 0. The summed E-state index contributed by atoms with van der Waals surface area (Å²) in [4.78, 5) is 27.0. The minimum atomic E-state index is -1.28. The lowest BCUT2D eigenvalue weighted by molar-refractivity contribution is -0.0511. The van der Waals surface area contributed by atoms with Gasteiger partial charge in [-0.1, -0.05) is 23.6 Å². The second kappa shape index (κ2) is 10.9. The van der Waals surface area contributed by atoms with Crippen LogP contribution in [0.2, 0.25) is 0 Å². The van der Waals surface area contributed by atoms with E-state index in [1.54, 1.807) is 17.0 Å². The van der Waals surface area contributed by atoms with Crippen molar-refractivity contribution in [2.24, 2.45) is 5.92 Å². The third kappa shape index (κ3) is 5.27. The van der Waals surface area contributed by atoms with Gasteiger partial charge in [0.15, 0.2) is 17.7 Å². The molecular formula is C26H30N6O6. The molecule has 0 spiro atoms. The Morgan fingerprint density at radius 2 is 1.92 bits per heavy atom. The number of hydrogen-bond donors (Lipinski definition) is 4. The number of aliphatic hydroxyl groups excluding tert-OH is 3. The van der Waals surface area contributed by atoms with E-state index in [4.69, 9.17) is 15.2 Å². The number of aliphatic hydroxyl groups is 3. The van der Waals surface area contributed by atoms with Crippen LogP contribution in [0.5, 0.6) is 5.75 Å². The molecule has 1 amide bonds. The van der Waals surface area contributed by atoms with E-state index < -0.39 is 31.1 Å². The standard InChI is InChI=1S/C26H30N6O6/c1-15-5-7-17(8-6-15)37-26(36)31-11-9-16(10-12-31)3-2-4-19-29-23(27)20-24(30-19)32(14-28-20)25-22(35)21(34)18(13-33)38-25/h5-8,14,16,18,21-22,25,33-35H,3,9-13H2,1H3,(H2,27,29,30)/t18-,21?,22+,25-/m1/s1. The van der Waals surface area contributed by atoms with Gasteiger partial charge in [-0.25, -0.2) is 19.7 Å². The molecule has 2 saturated heterocycles. The zero-order valence-corrected chi connectivity index (χ0v) is 20.9. The smallest absolute Gasteiger partial charge is 0.410 e. The summed E-state index contributed by atoms with van der Waals surface area (Å²) in [6.07, 6.45) is -1.20. The molecule has 2 fully saturated rings. The van der Waals surface area contributed by atoms with E-state index in [0.717, 1.165) is 18.4 Å². The number of imidazole rings is 1. The fraction of sp³-hybridized carbons (Fsp3) is 0.462. The number of amides is 1. The SMILES string of the molecule is Cc1ccc(OC(=O)N2CCC(CC#Cc3nc(N)c4ncn([C@@H]5O[C@H](CO)C(O)[C@@H]5O)c4n3)CC2)cc1. The first-order valence-electron chi connectivity index (χ1n) is 12.5. The minimum Gasteiger partial charge on any atom is -0.410 e. The maximum absolute atomic E-state index is 12.5. The van der Waals surface area contributed by atoms with Crippen LogP contribution < -0.4 is 10.5 Å². The fourth-order valence-electron chi connectivity index (χ4n) is 4.66. The van der Waals surface area contributed by atoms with Crippen molar-refractivity contribution in [3.63, 3.8) is 0 Å². The Hall–Kier alpha value is -3.76. The normalized spacial score (nSPS) is 23.8. The van der Waals surface area contributed by atoms with Crippen LogP contribution in [0.3, 0.4) is 0 Å². The number of carbonyl (C=O) groups excluding carboxylic acids is 1. The van der Waals surface area contributed by atoms with Crippen molar-refractivity contribution in [2.75, 3.05) is 25.4 Å². The number of likely N-dealkylation sites (tertiary alicyclic amines) is 1. The lowest BCUT2D eigenvalue weighted by Gasteiger charge is -2.30. The minimum absolute atomic E-state index is 0.130. The topological polar surface area (TPSA) is 169 Å². The largest absolute Gasteiger partial charge is 0.415 e. The molecule has 1 aromatic carbocycles. The summed E-state index contributed by atoms with van der Waals surface area (Å²) in [5, 5.41) is 29.8. The van der Waals surface area contributed by atoms with Crippen LogP contribution in [0.15, 0.2) is 30.6 Å². The maximum Gasteiger partial charge on any atom is 0.415 e. The van der Waals surface area contributed by atoms with Crippen molar-refractivity contribution in [3.05, 3.63) is 42.0 Å². The van der Waals surface area contributed by atoms with Crippen LogP contribution in [0, 0.1) is 24.7 Å². The number of carbonyl (C=O) groups is 1. The number of anilines is 1. The Bertz CT molecular complexity index is 1360. The van der Waals surface area contributed by atoms with Gasteiger partial charge in [-0.2, -0.15) is 0 Å². The second-order valence-corrected chi connectivity index (χ2v) is 9.60. The number of nitrogen functional groups attached to an aromatic ring is 1. The summed E-state index contributed by atoms with van der Waals surface area (Å²) in [7, 11) is 0. The highest BCUT2D eigenvalue weighted by molar-refractivity contribution is 5.82. The molecule has 2 aliphatic heterocycles. The quantitative estimate of drug-likeness (QED) is 0.362. The monoisotopic (exact) mass is 522 g/mol. The number of fused-ring (bicyclic) bond motifs is 1. The van der Waals surface area contributed by atoms with E-state index in [-0.39, 0.29) is 17.7 Å². The Morgan fingerprint density at radius 1 is 1.18 bits per heavy atom. The molecule has 12 nitrogen and oxygen atoms in total. The highest BCUT2D eigenvalue weighted by Gasteiger charge is 2.44. The van der Waals surface area contributed by atoms with Gasteiger partial charge in [0.2, 0.25) is 5.82 Å². The predicted octanol–water partition coefficient (Wildman–Crippen LogP) is 0.981. The van der Waals surface area contributed by atoms with Gasteiger partial charge in [-0.15, -0.1) is 0 Å². The molecule has 5 N–H and O–H groups in total. The van der Waals surface area contributed by atoms with Gasteiger partial charge >= 0.3 is 6.09 Å². The van der Waals surface area contributed by atoms with Crippen molar-refractivity contribution in [1.82, 2.24) is 24.4 Å². The maximum atomic E-state index is 12.5. The molecule has 0 bridgehead atoms. The van der Waals surface area contributed by atoms with Gasteiger partial charge in [-0.05, 0) is 43.7 Å². The lowest BCUT2D eigenvalue weighted by atomic mass is 9.94. The Morgan fingerprint density at radius 3 is 2.61 bits per heavy atom. The summed E-state index contributed by atoms with van der Waals surface area (Å²) in [5.74, 6) is 7.24. The number of rotatable bonds is 4. The van der Waals surface area contributed by atoms with E-state index in [1.165, 1.54) is 10.9 Å². The number of aryl methyl sites for hydroxylation is 1. The first kappa shape index (κ1) is 25.9. The fourth-order valence-corrected chi connectivity index (χ4v) is 4.66. The molecule has 38 heavy (non-hydrogen) atoms. The molecule has 0 radical (unpaired) electrons. The molecule has 0 saturated carbocycles. The van der Waals surface area contributed by atoms with Crippen LogP contribution in [0.1, 0.15) is 36.9 Å². The average Bonchev–Trinajstić information content (AvgIpc) is 3.46. The van der Waals surface area contributed by atoms with Gasteiger partial charge < -0.3 is 35.4 Å². The Balaban J connectivity index is 1.20. The molecule has 2 aliphatic rings. The van der Waals surface area contributed by atoms with E-state index in [9.17, 15) is 20.1 Å². The molecule has 0 aliphatic carbocycles. The molecule has 5 rings (SSSR count). The highest BCUT2D eigenvalue weighted by atomic mass is 16.6.